The minimum atomic E-state index is -3.48. The Morgan fingerprint density at radius 1 is 1.50 bits per heavy atom. The maximum absolute atomic E-state index is 12.0. The standard InChI is InChI=1S/C10H17F2N3O3S2/c1-2-5-20(16,17)8-9(13)15-19-10(8)14-3-4-18-6-7(11)12/h7,14H,2-6H2,1H3,(H2,13,15). The summed E-state index contributed by atoms with van der Waals surface area (Å²) in [6.45, 7) is 1.34. The van der Waals surface area contributed by atoms with Gasteiger partial charge in [-0.05, 0) is 18.0 Å². The Morgan fingerprint density at radius 3 is 2.80 bits per heavy atom. The van der Waals surface area contributed by atoms with Crippen molar-refractivity contribution in [1.29, 1.82) is 0 Å². The van der Waals surface area contributed by atoms with Gasteiger partial charge in [-0.1, -0.05) is 6.92 Å². The number of hydrogen-bond donors (Lipinski definition) is 2. The lowest BCUT2D eigenvalue weighted by Crippen LogP contribution is -2.15. The number of halogens is 2. The van der Waals surface area contributed by atoms with E-state index in [9.17, 15) is 17.2 Å². The van der Waals surface area contributed by atoms with E-state index in [4.69, 9.17) is 5.73 Å². The van der Waals surface area contributed by atoms with E-state index in [-0.39, 0.29) is 29.6 Å². The molecule has 0 unspecified atom stereocenters. The van der Waals surface area contributed by atoms with E-state index in [1.54, 1.807) is 6.92 Å². The molecular weight excluding hydrogens is 312 g/mol. The van der Waals surface area contributed by atoms with Crippen LogP contribution in [-0.4, -0.2) is 44.7 Å². The molecule has 1 aromatic rings. The highest BCUT2D eigenvalue weighted by molar-refractivity contribution is 7.91. The van der Waals surface area contributed by atoms with Crippen molar-refractivity contribution in [1.82, 2.24) is 4.37 Å². The van der Waals surface area contributed by atoms with E-state index in [0.29, 0.717) is 11.4 Å². The second-order valence-electron chi connectivity index (χ2n) is 3.94. The van der Waals surface area contributed by atoms with Crippen LogP contribution in [0, 0.1) is 0 Å². The molecule has 0 aromatic carbocycles. The van der Waals surface area contributed by atoms with Crippen molar-refractivity contribution in [3.8, 4) is 0 Å². The zero-order valence-electron chi connectivity index (χ0n) is 10.9. The summed E-state index contributed by atoms with van der Waals surface area (Å²) in [7, 11) is -3.48. The number of ether oxygens (including phenoxy) is 1. The Labute approximate surface area is 120 Å². The van der Waals surface area contributed by atoms with Crippen LogP contribution in [0.1, 0.15) is 13.3 Å². The number of nitrogens with one attached hydrogen (secondary N) is 1. The van der Waals surface area contributed by atoms with Crippen LogP contribution in [0.25, 0.3) is 0 Å². The second kappa shape index (κ2) is 7.70. The molecule has 0 atom stereocenters. The highest BCUT2D eigenvalue weighted by Gasteiger charge is 2.24. The molecule has 0 fully saturated rings. The highest BCUT2D eigenvalue weighted by atomic mass is 32.2. The molecule has 0 radical (unpaired) electrons. The number of sulfone groups is 1. The van der Waals surface area contributed by atoms with Gasteiger partial charge >= 0.3 is 0 Å². The van der Waals surface area contributed by atoms with Gasteiger partial charge in [-0.3, -0.25) is 0 Å². The van der Waals surface area contributed by atoms with Crippen LogP contribution in [0.5, 0.6) is 0 Å². The molecule has 0 spiro atoms. The first-order chi connectivity index (χ1) is 9.38. The van der Waals surface area contributed by atoms with Crippen molar-refractivity contribution in [2.24, 2.45) is 0 Å². The quantitative estimate of drug-likeness (QED) is 0.668. The van der Waals surface area contributed by atoms with Gasteiger partial charge in [0.1, 0.15) is 16.5 Å². The van der Waals surface area contributed by atoms with Gasteiger partial charge in [0.05, 0.1) is 12.4 Å². The van der Waals surface area contributed by atoms with Crippen molar-refractivity contribution < 1.29 is 21.9 Å². The molecular formula is C10H17F2N3O3S2. The highest BCUT2D eigenvalue weighted by Crippen LogP contribution is 2.32. The maximum atomic E-state index is 12.0. The fourth-order valence-electron chi connectivity index (χ4n) is 1.49. The number of anilines is 2. The molecule has 0 aliphatic carbocycles. The van der Waals surface area contributed by atoms with Gasteiger partial charge in [-0.25, -0.2) is 17.2 Å². The molecule has 20 heavy (non-hydrogen) atoms. The second-order valence-corrected chi connectivity index (χ2v) is 6.76. The number of aromatic nitrogens is 1. The van der Waals surface area contributed by atoms with Gasteiger partial charge in [-0.15, -0.1) is 0 Å². The average molecular weight is 329 g/mol. The summed E-state index contributed by atoms with van der Waals surface area (Å²) < 4.78 is 56.2. The molecule has 1 aromatic heterocycles. The van der Waals surface area contributed by atoms with E-state index >= 15 is 0 Å². The van der Waals surface area contributed by atoms with Crippen molar-refractivity contribution in [3.05, 3.63) is 0 Å². The van der Waals surface area contributed by atoms with Crippen LogP contribution < -0.4 is 11.1 Å². The van der Waals surface area contributed by atoms with Gasteiger partial charge in [0.2, 0.25) is 0 Å². The average Bonchev–Trinajstić information content (AvgIpc) is 2.70. The minimum absolute atomic E-state index is 0.0155. The molecule has 10 heteroatoms. The lowest BCUT2D eigenvalue weighted by atomic mass is 10.5. The molecule has 116 valence electrons. The van der Waals surface area contributed by atoms with Gasteiger partial charge in [-0.2, -0.15) is 4.37 Å². The normalized spacial score (nSPS) is 12.0. The third kappa shape index (κ3) is 4.84. The topological polar surface area (TPSA) is 94.3 Å². The summed E-state index contributed by atoms with van der Waals surface area (Å²) in [5, 5.41) is 3.12. The Bertz CT molecular complexity index is 520. The summed E-state index contributed by atoms with van der Waals surface area (Å²) >= 11 is 0.924. The molecule has 0 bridgehead atoms. The number of nitrogens with zero attached hydrogens (tertiary/aromatic N) is 1. The van der Waals surface area contributed by atoms with Gasteiger partial charge < -0.3 is 15.8 Å². The molecule has 0 saturated carbocycles. The van der Waals surface area contributed by atoms with Crippen LogP contribution in [0.4, 0.5) is 19.6 Å². The summed E-state index contributed by atoms with van der Waals surface area (Å²) in [6.07, 6.45) is -2.05. The lowest BCUT2D eigenvalue weighted by Gasteiger charge is -2.08. The van der Waals surface area contributed by atoms with Gasteiger partial charge in [0.15, 0.2) is 15.7 Å². The van der Waals surface area contributed by atoms with E-state index in [1.807, 2.05) is 0 Å². The number of rotatable bonds is 9. The Balaban J connectivity index is 2.64. The monoisotopic (exact) mass is 329 g/mol. The minimum Gasteiger partial charge on any atom is -0.382 e. The van der Waals surface area contributed by atoms with Crippen LogP contribution in [0.3, 0.4) is 0 Å². The van der Waals surface area contributed by atoms with Crippen molar-refractivity contribution >= 4 is 32.2 Å². The summed E-state index contributed by atoms with van der Waals surface area (Å²) in [6, 6.07) is 0. The maximum Gasteiger partial charge on any atom is 0.261 e. The van der Waals surface area contributed by atoms with Crippen LogP contribution in [0.2, 0.25) is 0 Å². The zero-order chi connectivity index (χ0) is 15.2. The number of alkyl halides is 2. The molecule has 0 saturated heterocycles. The zero-order valence-corrected chi connectivity index (χ0v) is 12.6. The molecule has 1 heterocycles. The van der Waals surface area contributed by atoms with Crippen molar-refractivity contribution in [3.63, 3.8) is 0 Å². The summed E-state index contributed by atoms with van der Waals surface area (Å²) in [4.78, 5) is -0.0155. The van der Waals surface area contributed by atoms with Crippen molar-refractivity contribution in [2.45, 2.75) is 24.7 Å². The number of nitrogen functional groups attached to an aromatic ring is 1. The van der Waals surface area contributed by atoms with Crippen LogP contribution >= 0.6 is 11.5 Å². The number of nitrogens with two attached hydrogens (primary N) is 1. The predicted molar refractivity (Wildman–Crippen MR) is 74.2 cm³/mol. The summed E-state index contributed by atoms with van der Waals surface area (Å²) in [5.74, 6) is -0.0638. The molecule has 0 aliphatic rings. The largest absolute Gasteiger partial charge is 0.382 e. The lowest BCUT2D eigenvalue weighted by molar-refractivity contribution is 0.0215. The van der Waals surface area contributed by atoms with E-state index in [2.05, 4.69) is 14.4 Å². The number of hydrogen-bond acceptors (Lipinski definition) is 7. The Hall–Kier alpha value is -1.00. The fraction of sp³-hybridized carbons (Fsp3) is 0.700. The first-order valence-electron chi connectivity index (χ1n) is 5.96. The fourth-order valence-corrected chi connectivity index (χ4v) is 4.13. The molecule has 0 amide bonds. The van der Waals surface area contributed by atoms with Gasteiger partial charge in [0.25, 0.3) is 6.43 Å². The smallest absolute Gasteiger partial charge is 0.261 e. The van der Waals surface area contributed by atoms with E-state index < -0.39 is 22.9 Å². The Kier molecular flexibility index (Phi) is 6.56. The van der Waals surface area contributed by atoms with E-state index in [1.165, 1.54) is 0 Å². The molecule has 6 nitrogen and oxygen atoms in total. The SMILES string of the molecule is CCCS(=O)(=O)c1c(N)nsc1NCCOCC(F)F. The van der Waals surface area contributed by atoms with Crippen LogP contribution in [-0.2, 0) is 14.6 Å². The van der Waals surface area contributed by atoms with E-state index in [0.717, 1.165) is 11.5 Å². The van der Waals surface area contributed by atoms with Crippen molar-refractivity contribution in [2.75, 3.05) is 36.6 Å². The third-order valence-corrected chi connectivity index (χ3v) is 5.16. The third-order valence-electron chi connectivity index (χ3n) is 2.23. The molecule has 1 rings (SSSR count). The molecule has 3 N–H and O–H groups in total. The molecule has 0 aliphatic heterocycles. The predicted octanol–water partition coefficient (Wildman–Crippen LogP) is 1.60. The van der Waals surface area contributed by atoms with Crippen LogP contribution in [0.15, 0.2) is 4.90 Å². The van der Waals surface area contributed by atoms with Gasteiger partial charge in [0, 0.05) is 6.54 Å². The summed E-state index contributed by atoms with van der Waals surface area (Å²) in [5.41, 5.74) is 5.58. The Morgan fingerprint density at radius 2 is 2.20 bits per heavy atom. The first-order valence-corrected chi connectivity index (χ1v) is 8.38. The first kappa shape index (κ1) is 17.1.